The summed E-state index contributed by atoms with van der Waals surface area (Å²) in [5, 5.41) is 92.2. The second-order valence-corrected chi connectivity index (χ2v) is 20.5. The first-order chi connectivity index (χ1) is 27.2. The number of hydrogen-bond acceptors (Lipinski definition) is 16. The van der Waals surface area contributed by atoms with Gasteiger partial charge in [0.1, 0.15) is 69.0 Å². The van der Waals surface area contributed by atoms with Gasteiger partial charge in [-0.2, -0.15) is 33.7 Å². The SMILES string of the molecule is CC1c2cc(c(O)c(CS(=O)(=O)O)c2O)C(C)c2cc(c(O)c(CS(=O)(=O)O)c2O)C(C)c2cc(c(O)c(CS(=O)(=O)O)c2O)C(C)c2cc1c(O)c(CS(=O)(=O)O)c2O. The molecule has 1 aliphatic rings. The molecule has 0 radical (unpaired) electrons. The summed E-state index contributed by atoms with van der Waals surface area (Å²) >= 11 is 0. The van der Waals surface area contributed by atoms with Crippen molar-refractivity contribution >= 4 is 40.5 Å². The molecule has 0 saturated carbocycles. The van der Waals surface area contributed by atoms with Gasteiger partial charge >= 0.3 is 0 Å². The molecule has 0 spiro atoms. The van der Waals surface area contributed by atoms with E-state index in [2.05, 4.69) is 0 Å². The monoisotopic (exact) mass is 920 g/mol. The van der Waals surface area contributed by atoms with Crippen LogP contribution in [0.1, 0.15) is 118 Å². The van der Waals surface area contributed by atoms with E-state index in [0.29, 0.717) is 0 Å². The lowest BCUT2D eigenvalue weighted by Gasteiger charge is -2.28. The van der Waals surface area contributed by atoms with Crippen molar-refractivity contribution in [2.45, 2.75) is 74.4 Å². The molecule has 0 heterocycles. The van der Waals surface area contributed by atoms with Crippen molar-refractivity contribution in [1.82, 2.24) is 0 Å². The first-order valence-electron chi connectivity index (χ1n) is 17.3. The van der Waals surface area contributed by atoms with Crippen LogP contribution >= 0.6 is 0 Å². The third-order valence-corrected chi connectivity index (χ3v) is 13.4. The Labute approximate surface area is 343 Å². The number of benzene rings is 4. The second-order valence-electron chi connectivity index (χ2n) is 14.7. The standard InChI is InChI=1S/C36H40O20S4/c1-13-17-5-19(31(39)25(29(17)37)9-57(45,46)47)14(2)21-7-23(35(43)27(33(21)41)11-59(51,52)53)16(4)24-8-22(34(42)28(36(24)44)12-60(54,55)56)15(3)20-6-18(13)30(38)26(32(20)40)10-58(48,49)50/h5-8,13-16,37-44H,9-12H2,1-4H3,(H,45,46,47)(H,48,49,50)(H,51,52,53)(H,54,55,56). The van der Waals surface area contributed by atoms with Crippen molar-refractivity contribution in [3.8, 4) is 46.0 Å². The lowest BCUT2D eigenvalue weighted by molar-refractivity contribution is 0.414. The molecule has 1 aliphatic carbocycles. The van der Waals surface area contributed by atoms with Crippen LogP contribution in [-0.4, -0.2) is 92.7 Å². The van der Waals surface area contributed by atoms with Crippen LogP contribution in [0.4, 0.5) is 0 Å². The molecule has 0 atom stereocenters. The fraction of sp³-hybridized carbons (Fsp3) is 0.333. The van der Waals surface area contributed by atoms with E-state index in [-0.39, 0.29) is 44.5 Å². The van der Waals surface area contributed by atoms with Crippen molar-refractivity contribution < 1.29 is 92.7 Å². The van der Waals surface area contributed by atoms with E-state index in [9.17, 15) is 92.7 Å². The molecule has 0 aromatic heterocycles. The zero-order valence-electron chi connectivity index (χ0n) is 31.7. The van der Waals surface area contributed by atoms with E-state index in [4.69, 9.17) is 0 Å². The van der Waals surface area contributed by atoms with Crippen LogP contribution in [0, 0.1) is 0 Å². The van der Waals surface area contributed by atoms with Crippen LogP contribution in [0.15, 0.2) is 24.3 Å². The van der Waals surface area contributed by atoms with Gasteiger partial charge in [0, 0.05) is 68.2 Å². The predicted octanol–water partition coefficient (Wildman–Crippen LogP) is 3.80. The topological polar surface area (TPSA) is 379 Å². The zero-order chi connectivity index (χ0) is 45.5. The van der Waals surface area contributed by atoms with Gasteiger partial charge in [0.05, 0.1) is 22.3 Å². The number of aromatic hydroxyl groups is 8. The fourth-order valence-corrected chi connectivity index (χ4v) is 10.2. The van der Waals surface area contributed by atoms with Gasteiger partial charge in [0.2, 0.25) is 0 Å². The van der Waals surface area contributed by atoms with E-state index in [0.717, 1.165) is 24.3 Å². The number of phenolic OH excluding ortho intramolecular Hbond substituents is 8. The molecule has 5 rings (SSSR count). The molecule has 0 fully saturated rings. The van der Waals surface area contributed by atoms with Gasteiger partial charge in [0.25, 0.3) is 40.5 Å². The van der Waals surface area contributed by atoms with E-state index in [1.165, 1.54) is 27.7 Å². The maximum atomic E-state index is 12.2. The molecule has 4 aromatic carbocycles. The average molecular weight is 921 g/mol. The summed E-state index contributed by atoms with van der Waals surface area (Å²) in [5.74, 6) is -19.6. The average Bonchev–Trinajstić information content (AvgIpc) is 3.09. The highest BCUT2D eigenvalue weighted by molar-refractivity contribution is 7.85. The fourth-order valence-electron chi connectivity index (χ4n) is 7.65. The number of hydrogen-bond donors (Lipinski definition) is 12. The summed E-state index contributed by atoms with van der Waals surface area (Å²) < 4.78 is 137. The quantitative estimate of drug-likeness (QED) is 0.112. The highest BCUT2D eigenvalue weighted by Crippen LogP contribution is 2.53. The molecule has 24 heteroatoms. The van der Waals surface area contributed by atoms with Crippen LogP contribution in [-0.2, 0) is 63.5 Å². The Bertz CT molecular complexity index is 2410. The first kappa shape index (κ1) is 46.0. The van der Waals surface area contributed by atoms with Crippen LogP contribution in [0.3, 0.4) is 0 Å². The number of rotatable bonds is 8. The Morgan fingerprint density at radius 1 is 0.317 bits per heavy atom. The Hall–Kier alpha value is -5.08. The van der Waals surface area contributed by atoms with Crippen LogP contribution in [0.5, 0.6) is 46.0 Å². The van der Waals surface area contributed by atoms with Crippen molar-refractivity contribution in [3.05, 3.63) is 91.0 Å². The van der Waals surface area contributed by atoms with Gasteiger partial charge in [0.15, 0.2) is 0 Å². The lowest BCUT2D eigenvalue weighted by Crippen LogP contribution is -2.13. The summed E-state index contributed by atoms with van der Waals surface area (Å²) in [6.07, 6.45) is 0. The maximum absolute atomic E-state index is 12.2. The number of phenols is 8. The van der Waals surface area contributed by atoms with Crippen molar-refractivity contribution in [2.24, 2.45) is 0 Å². The lowest BCUT2D eigenvalue weighted by atomic mass is 9.78. The summed E-state index contributed by atoms with van der Waals surface area (Å²) in [4.78, 5) is 0. The minimum absolute atomic E-state index is 0.368. The molecule has 20 nitrogen and oxygen atoms in total. The van der Waals surface area contributed by atoms with Crippen LogP contribution in [0.2, 0.25) is 0 Å². The van der Waals surface area contributed by atoms with E-state index < -0.39 is 155 Å². The van der Waals surface area contributed by atoms with E-state index in [1.807, 2.05) is 0 Å². The first-order valence-corrected chi connectivity index (χ1v) is 23.8. The molecule has 12 N–H and O–H groups in total. The van der Waals surface area contributed by atoms with Crippen LogP contribution in [0.25, 0.3) is 0 Å². The minimum atomic E-state index is -5.08. The maximum Gasteiger partial charge on any atom is 0.269 e. The third-order valence-electron chi connectivity index (χ3n) is 10.8. The van der Waals surface area contributed by atoms with Gasteiger partial charge in [-0.05, 0) is 24.3 Å². The molecule has 4 aromatic rings. The van der Waals surface area contributed by atoms with Crippen LogP contribution < -0.4 is 0 Å². The molecule has 0 aliphatic heterocycles. The summed E-state index contributed by atoms with van der Waals surface area (Å²) in [5.41, 5.74) is -6.29. The molecule has 328 valence electrons. The van der Waals surface area contributed by atoms with Gasteiger partial charge in [-0.15, -0.1) is 0 Å². The predicted molar refractivity (Wildman–Crippen MR) is 210 cm³/mol. The highest BCUT2D eigenvalue weighted by Gasteiger charge is 2.36. The Balaban J connectivity index is 2.09. The third kappa shape index (κ3) is 8.86. The molecular formula is C36H40O20S4. The van der Waals surface area contributed by atoms with Gasteiger partial charge in [-0.1, -0.05) is 27.7 Å². The van der Waals surface area contributed by atoms with Crippen molar-refractivity contribution in [2.75, 3.05) is 0 Å². The molecular weight excluding hydrogens is 881 g/mol. The van der Waals surface area contributed by atoms with Gasteiger partial charge < -0.3 is 40.9 Å². The molecule has 8 bridgehead atoms. The molecule has 0 saturated heterocycles. The summed E-state index contributed by atoms with van der Waals surface area (Å²) in [6.45, 7) is 5.06. The minimum Gasteiger partial charge on any atom is -0.507 e. The van der Waals surface area contributed by atoms with E-state index in [1.54, 1.807) is 0 Å². The Kier molecular flexibility index (Phi) is 11.8. The summed E-state index contributed by atoms with van der Waals surface area (Å²) in [6, 6.07) is 4.21. The highest BCUT2D eigenvalue weighted by atomic mass is 32.2. The van der Waals surface area contributed by atoms with Gasteiger partial charge in [-0.3, -0.25) is 18.2 Å². The smallest absolute Gasteiger partial charge is 0.269 e. The number of fused-ring (bicyclic) bond motifs is 8. The largest absolute Gasteiger partial charge is 0.507 e. The Morgan fingerprint density at radius 2 is 0.433 bits per heavy atom. The van der Waals surface area contributed by atoms with Crippen molar-refractivity contribution in [1.29, 1.82) is 0 Å². The molecule has 60 heavy (non-hydrogen) atoms. The Morgan fingerprint density at radius 3 is 0.533 bits per heavy atom. The zero-order valence-corrected chi connectivity index (χ0v) is 35.0. The second kappa shape index (κ2) is 15.4. The van der Waals surface area contributed by atoms with Crippen molar-refractivity contribution in [3.63, 3.8) is 0 Å². The molecule has 0 unspecified atom stereocenters. The summed E-state index contributed by atoms with van der Waals surface area (Å²) in [7, 11) is -20.3. The molecule has 0 amide bonds. The normalized spacial score (nSPS) is 18.7. The van der Waals surface area contributed by atoms with E-state index >= 15 is 0 Å². The van der Waals surface area contributed by atoms with Gasteiger partial charge in [-0.25, -0.2) is 0 Å².